The van der Waals surface area contributed by atoms with Gasteiger partial charge in [0.15, 0.2) is 0 Å². The first kappa shape index (κ1) is 14.0. The topological polar surface area (TPSA) is 23.8 Å². The summed E-state index contributed by atoms with van der Waals surface area (Å²) in [6.07, 6.45) is 1.71. The van der Waals surface area contributed by atoms with Gasteiger partial charge in [0.25, 0.3) is 0 Å². The fourth-order valence-electron chi connectivity index (χ4n) is 1.61. The van der Waals surface area contributed by atoms with Gasteiger partial charge in [-0.05, 0) is 41.5 Å². The van der Waals surface area contributed by atoms with Gasteiger partial charge in [0.05, 0.1) is 11.6 Å². The van der Waals surface area contributed by atoms with Crippen molar-refractivity contribution >= 4 is 46.5 Å². The van der Waals surface area contributed by atoms with Crippen LogP contribution < -0.4 is 0 Å². The van der Waals surface area contributed by atoms with Gasteiger partial charge in [-0.1, -0.05) is 53.0 Å². The molecule has 94 valence electrons. The first-order valence-corrected chi connectivity index (χ1v) is 6.56. The Hall–Kier alpha value is -1.46. The normalized spacial score (nSPS) is 11.2. The molecule has 0 N–H and O–H groups in total. The van der Waals surface area contributed by atoms with Crippen molar-refractivity contribution in [3.05, 3.63) is 68.7 Å². The Bertz CT molecular complexity index is 684. The molecule has 0 aliphatic carbocycles. The predicted molar refractivity (Wildman–Crippen MR) is 81.4 cm³/mol. The molecular formula is C15H8Cl3N. The molecule has 0 heterocycles. The van der Waals surface area contributed by atoms with Crippen molar-refractivity contribution in [3.63, 3.8) is 0 Å². The number of rotatable bonds is 2. The minimum atomic E-state index is 0.492. The monoisotopic (exact) mass is 307 g/mol. The highest BCUT2D eigenvalue weighted by Crippen LogP contribution is 2.26. The van der Waals surface area contributed by atoms with Crippen molar-refractivity contribution in [3.8, 4) is 6.07 Å². The van der Waals surface area contributed by atoms with Gasteiger partial charge in [-0.25, -0.2) is 0 Å². The second kappa shape index (κ2) is 6.12. The lowest BCUT2D eigenvalue weighted by Gasteiger charge is -2.02. The molecule has 0 saturated heterocycles. The van der Waals surface area contributed by atoms with E-state index in [0.717, 1.165) is 11.1 Å². The SMILES string of the molecule is N#C/C(=C/c1ccc(Cl)cc1Cl)c1cccc(Cl)c1. The van der Waals surface area contributed by atoms with E-state index in [1.54, 1.807) is 42.5 Å². The molecule has 4 heteroatoms. The van der Waals surface area contributed by atoms with Gasteiger partial charge in [-0.15, -0.1) is 0 Å². The molecule has 2 rings (SSSR count). The number of hydrogen-bond donors (Lipinski definition) is 0. The van der Waals surface area contributed by atoms with Crippen LogP contribution in [0.5, 0.6) is 0 Å². The minimum absolute atomic E-state index is 0.492. The molecule has 0 bridgehead atoms. The van der Waals surface area contributed by atoms with Crippen LogP contribution in [0.1, 0.15) is 11.1 Å². The Morgan fingerprint density at radius 1 is 1.00 bits per heavy atom. The molecule has 2 aromatic carbocycles. The lowest BCUT2D eigenvalue weighted by atomic mass is 10.0. The predicted octanol–water partition coefficient (Wildman–Crippen LogP) is 5.71. The maximum Gasteiger partial charge on any atom is 0.0998 e. The van der Waals surface area contributed by atoms with E-state index in [4.69, 9.17) is 34.8 Å². The zero-order valence-corrected chi connectivity index (χ0v) is 12.0. The van der Waals surface area contributed by atoms with Crippen molar-refractivity contribution in [2.75, 3.05) is 0 Å². The van der Waals surface area contributed by atoms with Gasteiger partial charge in [0.1, 0.15) is 0 Å². The van der Waals surface area contributed by atoms with Crippen LogP contribution in [0.3, 0.4) is 0 Å². The van der Waals surface area contributed by atoms with E-state index in [0.29, 0.717) is 20.6 Å². The molecular weight excluding hydrogens is 301 g/mol. The summed E-state index contributed by atoms with van der Waals surface area (Å²) in [5, 5.41) is 10.9. The third-order valence-corrected chi connectivity index (χ3v) is 3.32. The summed E-state index contributed by atoms with van der Waals surface area (Å²) in [4.78, 5) is 0. The third kappa shape index (κ3) is 3.52. The van der Waals surface area contributed by atoms with Crippen molar-refractivity contribution in [1.82, 2.24) is 0 Å². The second-order valence-electron chi connectivity index (χ2n) is 3.85. The van der Waals surface area contributed by atoms with Crippen LogP contribution in [0.4, 0.5) is 0 Å². The van der Waals surface area contributed by atoms with Crippen LogP contribution in [0.15, 0.2) is 42.5 Å². The largest absolute Gasteiger partial charge is 0.192 e. The average molecular weight is 309 g/mol. The summed E-state index contributed by atoms with van der Waals surface area (Å²) in [7, 11) is 0. The highest BCUT2D eigenvalue weighted by atomic mass is 35.5. The zero-order valence-electron chi connectivity index (χ0n) is 9.70. The molecule has 0 amide bonds. The fraction of sp³-hybridized carbons (Fsp3) is 0. The number of halogens is 3. The van der Waals surface area contributed by atoms with Gasteiger partial charge in [-0.3, -0.25) is 0 Å². The van der Waals surface area contributed by atoms with Crippen LogP contribution in [-0.2, 0) is 0 Å². The van der Waals surface area contributed by atoms with Gasteiger partial charge in [-0.2, -0.15) is 5.26 Å². The number of benzene rings is 2. The summed E-state index contributed by atoms with van der Waals surface area (Å²) in [5.41, 5.74) is 1.98. The molecule has 0 aliphatic heterocycles. The Morgan fingerprint density at radius 2 is 1.74 bits per heavy atom. The number of nitrogens with zero attached hydrogens (tertiary/aromatic N) is 1. The molecule has 0 aliphatic rings. The van der Waals surface area contributed by atoms with Crippen molar-refractivity contribution in [2.45, 2.75) is 0 Å². The van der Waals surface area contributed by atoms with Gasteiger partial charge >= 0.3 is 0 Å². The van der Waals surface area contributed by atoms with Crippen molar-refractivity contribution in [2.24, 2.45) is 0 Å². The highest BCUT2D eigenvalue weighted by molar-refractivity contribution is 6.35. The van der Waals surface area contributed by atoms with E-state index < -0.39 is 0 Å². The molecule has 2 aromatic rings. The molecule has 0 spiro atoms. The molecule has 0 unspecified atom stereocenters. The van der Waals surface area contributed by atoms with Crippen LogP contribution in [0.2, 0.25) is 15.1 Å². The summed E-state index contributed by atoms with van der Waals surface area (Å²) < 4.78 is 0. The van der Waals surface area contributed by atoms with Gasteiger partial charge in [0, 0.05) is 15.1 Å². The minimum Gasteiger partial charge on any atom is -0.192 e. The average Bonchev–Trinajstić information content (AvgIpc) is 2.38. The second-order valence-corrected chi connectivity index (χ2v) is 5.13. The summed E-state index contributed by atoms with van der Waals surface area (Å²) in [6.45, 7) is 0. The standard InChI is InChI=1S/C15H8Cl3N/c16-13-3-1-2-10(7-13)12(9-19)6-11-4-5-14(17)8-15(11)18/h1-8H/b12-6-. The summed E-state index contributed by atoms with van der Waals surface area (Å²) in [6, 6.07) is 14.4. The summed E-state index contributed by atoms with van der Waals surface area (Å²) in [5.74, 6) is 0. The van der Waals surface area contributed by atoms with Crippen LogP contribution >= 0.6 is 34.8 Å². The van der Waals surface area contributed by atoms with Crippen LogP contribution in [0, 0.1) is 11.3 Å². The van der Waals surface area contributed by atoms with Crippen molar-refractivity contribution in [1.29, 1.82) is 5.26 Å². The molecule has 0 radical (unpaired) electrons. The van der Waals surface area contributed by atoms with E-state index in [-0.39, 0.29) is 0 Å². The van der Waals surface area contributed by atoms with Gasteiger partial charge < -0.3 is 0 Å². The van der Waals surface area contributed by atoms with E-state index >= 15 is 0 Å². The van der Waals surface area contributed by atoms with E-state index in [1.165, 1.54) is 0 Å². The molecule has 0 atom stereocenters. The third-order valence-electron chi connectivity index (χ3n) is 2.52. The highest BCUT2D eigenvalue weighted by Gasteiger charge is 2.04. The van der Waals surface area contributed by atoms with Crippen LogP contribution in [0.25, 0.3) is 11.6 Å². The molecule has 0 fully saturated rings. The molecule has 0 aromatic heterocycles. The first-order valence-electron chi connectivity index (χ1n) is 5.43. The van der Waals surface area contributed by atoms with E-state index in [1.807, 2.05) is 6.07 Å². The maximum atomic E-state index is 9.25. The quantitative estimate of drug-likeness (QED) is 0.515. The maximum absolute atomic E-state index is 9.25. The first-order chi connectivity index (χ1) is 9.10. The van der Waals surface area contributed by atoms with E-state index in [9.17, 15) is 5.26 Å². The lowest BCUT2D eigenvalue weighted by Crippen LogP contribution is -1.83. The molecule has 19 heavy (non-hydrogen) atoms. The fourth-order valence-corrected chi connectivity index (χ4v) is 2.26. The number of nitriles is 1. The zero-order chi connectivity index (χ0) is 13.8. The smallest absolute Gasteiger partial charge is 0.0998 e. The van der Waals surface area contributed by atoms with Gasteiger partial charge in [0.2, 0.25) is 0 Å². The Kier molecular flexibility index (Phi) is 4.50. The Labute approximate surface area is 126 Å². The molecule has 0 saturated carbocycles. The Balaban J connectivity index is 2.48. The molecule has 1 nitrogen and oxygen atoms in total. The Morgan fingerprint density at radius 3 is 2.37 bits per heavy atom. The number of allylic oxidation sites excluding steroid dienone is 1. The van der Waals surface area contributed by atoms with Crippen molar-refractivity contribution < 1.29 is 0 Å². The summed E-state index contributed by atoms with van der Waals surface area (Å²) >= 11 is 17.8. The van der Waals surface area contributed by atoms with Crippen LogP contribution in [-0.4, -0.2) is 0 Å². The number of hydrogen-bond acceptors (Lipinski definition) is 1. The van der Waals surface area contributed by atoms with E-state index in [2.05, 4.69) is 6.07 Å². The lowest BCUT2D eigenvalue weighted by molar-refractivity contribution is 1.52.